The molecule has 0 fully saturated rings. The number of esters is 1. The number of nitrogens with zero attached hydrogens (tertiary/aromatic N) is 3. The highest BCUT2D eigenvalue weighted by Crippen LogP contribution is 2.08. The molecule has 18 heavy (non-hydrogen) atoms. The molecule has 1 atom stereocenters. The molecule has 0 amide bonds. The summed E-state index contributed by atoms with van der Waals surface area (Å²) in [5.74, 6) is -0.290. The number of rotatable bonds is 6. The lowest BCUT2D eigenvalue weighted by molar-refractivity contribution is -0.145. The first-order valence-electron chi connectivity index (χ1n) is 6.24. The van der Waals surface area contributed by atoms with Crippen LogP contribution in [0.4, 0.5) is 0 Å². The van der Waals surface area contributed by atoms with Gasteiger partial charge >= 0.3 is 5.97 Å². The van der Waals surface area contributed by atoms with Crippen LogP contribution in [0, 0.1) is 5.92 Å². The molecule has 1 rings (SSSR count). The zero-order valence-corrected chi connectivity index (χ0v) is 11.9. The first-order chi connectivity index (χ1) is 8.43. The molecule has 0 aliphatic heterocycles. The average molecular weight is 253 g/mol. The molecule has 0 bridgehead atoms. The van der Waals surface area contributed by atoms with E-state index in [2.05, 4.69) is 23.8 Å². The Morgan fingerprint density at radius 1 is 1.50 bits per heavy atom. The van der Waals surface area contributed by atoms with E-state index >= 15 is 0 Å². The number of hydrogen-bond donors (Lipinski definition) is 0. The second-order valence-electron chi connectivity index (χ2n) is 5.00. The van der Waals surface area contributed by atoms with Crippen LogP contribution < -0.4 is 0 Å². The lowest BCUT2D eigenvalue weighted by Crippen LogP contribution is -2.29. The van der Waals surface area contributed by atoms with Crippen molar-refractivity contribution in [1.29, 1.82) is 0 Å². The summed E-state index contributed by atoms with van der Waals surface area (Å²) in [4.78, 5) is 13.4. The van der Waals surface area contributed by atoms with Crippen LogP contribution in [-0.2, 0) is 16.1 Å². The number of aromatic nitrogens is 2. The second-order valence-corrected chi connectivity index (χ2v) is 5.00. The van der Waals surface area contributed by atoms with E-state index in [-0.39, 0.29) is 11.9 Å². The van der Waals surface area contributed by atoms with E-state index in [0.29, 0.717) is 12.6 Å². The number of ether oxygens (including phenoxy) is 1. The minimum atomic E-state index is -0.172. The van der Waals surface area contributed by atoms with Crippen molar-refractivity contribution in [2.45, 2.75) is 33.4 Å². The lowest BCUT2D eigenvalue weighted by Gasteiger charge is -2.18. The lowest BCUT2D eigenvalue weighted by atomic mass is 10.2. The Morgan fingerprint density at radius 2 is 2.17 bits per heavy atom. The zero-order valence-electron chi connectivity index (χ0n) is 11.9. The monoisotopic (exact) mass is 253 g/mol. The summed E-state index contributed by atoms with van der Waals surface area (Å²) in [6.45, 7) is 7.47. The molecule has 1 aromatic rings. The molecule has 0 spiro atoms. The summed E-state index contributed by atoms with van der Waals surface area (Å²) in [5, 5.41) is 4.48. The molecule has 5 heteroatoms. The predicted octanol–water partition coefficient (Wildman–Crippen LogP) is 1.70. The number of carbonyl (C=O) groups excluding carboxylic acids is 1. The van der Waals surface area contributed by atoms with Gasteiger partial charge in [-0.25, -0.2) is 0 Å². The smallest absolute Gasteiger partial charge is 0.309 e. The Labute approximate surface area is 109 Å². The highest BCUT2D eigenvalue weighted by atomic mass is 16.5. The van der Waals surface area contributed by atoms with E-state index in [1.54, 1.807) is 0 Å². The molecule has 0 N–H and O–H groups in total. The van der Waals surface area contributed by atoms with Gasteiger partial charge in [0.15, 0.2) is 0 Å². The molecule has 0 aromatic carbocycles. The summed E-state index contributed by atoms with van der Waals surface area (Å²) in [5.41, 5.74) is 1.02. The SMILES string of the molecule is COC(=O)C(C)CN(C)Cc1ccn(C(C)C)n1. The fraction of sp³-hybridized carbons (Fsp3) is 0.692. The van der Waals surface area contributed by atoms with Crippen molar-refractivity contribution in [3.8, 4) is 0 Å². The Bertz CT molecular complexity index is 387. The molecule has 0 saturated heterocycles. The highest BCUT2D eigenvalue weighted by molar-refractivity contribution is 5.72. The van der Waals surface area contributed by atoms with Crippen LogP contribution in [0.25, 0.3) is 0 Å². The fourth-order valence-electron chi connectivity index (χ4n) is 1.83. The van der Waals surface area contributed by atoms with Crippen molar-refractivity contribution < 1.29 is 9.53 Å². The third-order valence-corrected chi connectivity index (χ3v) is 2.81. The molecule has 0 aliphatic carbocycles. The third-order valence-electron chi connectivity index (χ3n) is 2.81. The molecule has 1 unspecified atom stereocenters. The van der Waals surface area contributed by atoms with Gasteiger partial charge in [0.1, 0.15) is 0 Å². The second kappa shape index (κ2) is 6.54. The normalized spacial score (nSPS) is 13.1. The van der Waals surface area contributed by atoms with E-state index in [1.807, 2.05) is 30.9 Å². The number of carbonyl (C=O) groups is 1. The number of hydrogen-bond acceptors (Lipinski definition) is 4. The van der Waals surface area contributed by atoms with Gasteiger partial charge in [0.05, 0.1) is 18.7 Å². The summed E-state index contributed by atoms with van der Waals surface area (Å²) in [6.07, 6.45) is 1.98. The van der Waals surface area contributed by atoms with Crippen molar-refractivity contribution in [1.82, 2.24) is 14.7 Å². The van der Waals surface area contributed by atoms with Crippen LogP contribution in [0.2, 0.25) is 0 Å². The fourth-order valence-corrected chi connectivity index (χ4v) is 1.83. The van der Waals surface area contributed by atoms with Crippen molar-refractivity contribution in [2.75, 3.05) is 20.7 Å². The maximum absolute atomic E-state index is 11.3. The molecule has 5 nitrogen and oxygen atoms in total. The van der Waals surface area contributed by atoms with Gasteiger partial charge in [-0.2, -0.15) is 5.10 Å². The first kappa shape index (κ1) is 14.7. The molecule has 102 valence electrons. The van der Waals surface area contributed by atoms with Gasteiger partial charge in [-0.05, 0) is 27.0 Å². The van der Waals surface area contributed by atoms with E-state index in [9.17, 15) is 4.79 Å². The number of methoxy groups -OCH3 is 1. The van der Waals surface area contributed by atoms with Crippen LogP contribution >= 0.6 is 0 Å². The highest BCUT2D eigenvalue weighted by Gasteiger charge is 2.16. The van der Waals surface area contributed by atoms with Crippen LogP contribution in [-0.4, -0.2) is 41.4 Å². The van der Waals surface area contributed by atoms with E-state index < -0.39 is 0 Å². The minimum absolute atomic E-state index is 0.118. The predicted molar refractivity (Wildman–Crippen MR) is 70.1 cm³/mol. The minimum Gasteiger partial charge on any atom is -0.469 e. The van der Waals surface area contributed by atoms with Gasteiger partial charge in [-0.3, -0.25) is 14.4 Å². The van der Waals surface area contributed by atoms with E-state index in [1.165, 1.54) is 7.11 Å². The molecule has 1 heterocycles. The van der Waals surface area contributed by atoms with Gasteiger partial charge in [0.25, 0.3) is 0 Å². The standard InChI is InChI=1S/C13H23N3O2/c1-10(2)16-7-6-12(14-16)9-15(4)8-11(3)13(17)18-5/h6-7,10-11H,8-9H2,1-5H3. The van der Waals surface area contributed by atoms with Gasteiger partial charge in [-0.15, -0.1) is 0 Å². The zero-order chi connectivity index (χ0) is 13.7. The molecular weight excluding hydrogens is 230 g/mol. The average Bonchev–Trinajstić information content (AvgIpc) is 2.76. The van der Waals surface area contributed by atoms with Gasteiger partial charge in [0, 0.05) is 25.3 Å². The Kier molecular flexibility index (Phi) is 5.34. The first-order valence-corrected chi connectivity index (χ1v) is 6.24. The maximum atomic E-state index is 11.3. The van der Waals surface area contributed by atoms with Crippen LogP contribution in [0.1, 0.15) is 32.5 Å². The van der Waals surface area contributed by atoms with Crippen molar-refractivity contribution in [3.05, 3.63) is 18.0 Å². The Morgan fingerprint density at radius 3 is 2.67 bits per heavy atom. The summed E-state index contributed by atoms with van der Waals surface area (Å²) >= 11 is 0. The molecular formula is C13H23N3O2. The van der Waals surface area contributed by atoms with Crippen LogP contribution in [0.3, 0.4) is 0 Å². The topological polar surface area (TPSA) is 47.4 Å². The van der Waals surface area contributed by atoms with Gasteiger partial charge in [-0.1, -0.05) is 6.92 Å². The molecule has 0 saturated carbocycles. The molecule has 0 radical (unpaired) electrons. The Balaban J connectivity index is 2.48. The third kappa shape index (κ3) is 4.14. The van der Waals surface area contributed by atoms with Crippen molar-refractivity contribution in [3.63, 3.8) is 0 Å². The van der Waals surface area contributed by atoms with Gasteiger partial charge in [0.2, 0.25) is 0 Å². The van der Waals surface area contributed by atoms with E-state index in [4.69, 9.17) is 4.74 Å². The molecule has 1 aromatic heterocycles. The van der Waals surface area contributed by atoms with Crippen LogP contribution in [0.15, 0.2) is 12.3 Å². The molecule has 0 aliphatic rings. The van der Waals surface area contributed by atoms with Crippen molar-refractivity contribution >= 4 is 5.97 Å². The summed E-state index contributed by atoms with van der Waals surface area (Å²) in [6, 6.07) is 2.39. The van der Waals surface area contributed by atoms with Crippen molar-refractivity contribution in [2.24, 2.45) is 5.92 Å². The maximum Gasteiger partial charge on any atom is 0.309 e. The van der Waals surface area contributed by atoms with Gasteiger partial charge < -0.3 is 4.74 Å². The summed E-state index contributed by atoms with van der Waals surface area (Å²) in [7, 11) is 3.40. The van der Waals surface area contributed by atoms with E-state index in [0.717, 1.165) is 12.2 Å². The Hall–Kier alpha value is -1.36. The quantitative estimate of drug-likeness (QED) is 0.724. The summed E-state index contributed by atoms with van der Waals surface area (Å²) < 4.78 is 6.65. The van der Waals surface area contributed by atoms with Crippen LogP contribution in [0.5, 0.6) is 0 Å². The largest absolute Gasteiger partial charge is 0.469 e.